The van der Waals surface area contributed by atoms with Crippen LogP contribution in [0.15, 0.2) is 53.4 Å². The van der Waals surface area contributed by atoms with E-state index in [1.54, 1.807) is 12.0 Å². The van der Waals surface area contributed by atoms with E-state index < -0.39 is 0 Å². The van der Waals surface area contributed by atoms with Gasteiger partial charge in [-0.1, -0.05) is 48.2 Å². The van der Waals surface area contributed by atoms with Gasteiger partial charge >= 0.3 is 0 Å². The van der Waals surface area contributed by atoms with Gasteiger partial charge in [0.15, 0.2) is 4.32 Å². The van der Waals surface area contributed by atoms with E-state index in [1.165, 1.54) is 11.8 Å². The first-order chi connectivity index (χ1) is 11.1. The van der Waals surface area contributed by atoms with Crippen LogP contribution in [0, 0.1) is 3.57 Å². The third-order valence-electron chi connectivity index (χ3n) is 3.30. The molecular formula is C17H12INO2S2. The van der Waals surface area contributed by atoms with Gasteiger partial charge in [0.2, 0.25) is 0 Å². The van der Waals surface area contributed by atoms with Gasteiger partial charge in [0.05, 0.1) is 17.7 Å². The van der Waals surface area contributed by atoms with Crippen LogP contribution in [0.2, 0.25) is 0 Å². The van der Waals surface area contributed by atoms with E-state index in [1.807, 2.05) is 54.6 Å². The Bertz CT molecular complexity index is 802. The molecule has 0 unspecified atom stereocenters. The average molecular weight is 453 g/mol. The van der Waals surface area contributed by atoms with Crippen LogP contribution in [-0.2, 0) is 4.79 Å². The van der Waals surface area contributed by atoms with Crippen LogP contribution in [0.25, 0.3) is 6.08 Å². The molecule has 1 aliphatic rings. The third kappa shape index (κ3) is 3.44. The van der Waals surface area contributed by atoms with Gasteiger partial charge in [0, 0.05) is 3.57 Å². The first-order valence-electron chi connectivity index (χ1n) is 6.76. The largest absolute Gasteiger partial charge is 0.497 e. The minimum Gasteiger partial charge on any atom is -0.497 e. The molecule has 0 aliphatic carbocycles. The standard InChI is InChI=1S/C17H12INO2S2/c1-21-12-8-6-11(7-9-12)10-15-16(20)19(17(22)23-15)14-5-3-2-4-13(14)18/h2-10H,1H3/b15-10+. The van der Waals surface area contributed by atoms with Gasteiger partial charge in [-0.3, -0.25) is 9.69 Å². The summed E-state index contributed by atoms with van der Waals surface area (Å²) in [6.45, 7) is 0. The average Bonchev–Trinajstić information content (AvgIpc) is 2.83. The van der Waals surface area contributed by atoms with Crippen LogP contribution < -0.4 is 9.64 Å². The Kier molecular flexibility index (Phi) is 5.03. The summed E-state index contributed by atoms with van der Waals surface area (Å²) in [6.07, 6.45) is 1.86. The minimum absolute atomic E-state index is 0.0834. The van der Waals surface area contributed by atoms with Crippen LogP contribution in [0.5, 0.6) is 5.75 Å². The summed E-state index contributed by atoms with van der Waals surface area (Å²) in [4.78, 5) is 14.9. The molecule has 1 fully saturated rings. The molecule has 0 atom stereocenters. The van der Waals surface area contributed by atoms with Gasteiger partial charge in [-0.15, -0.1) is 0 Å². The van der Waals surface area contributed by atoms with E-state index >= 15 is 0 Å². The predicted octanol–water partition coefficient (Wildman–Crippen LogP) is 4.71. The number of hydrogen-bond acceptors (Lipinski definition) is 4. The molecule has 2 aromatic carbocycles. The van der Waals surface area contributed by atoms with E-state index in [0.717, 1.165) is 20.6 Å². The molecule has 0 saturated carbocycles. The summed E-state index contributed by atoms with van der Waals surface area (Å²) in [7, 11) is 1.63. The maximum absolute atomic E-state index is 12.7. The number of nitrogens with zero attached hydrogens (tertiary/aromatic N) is 1. The fourth-order valence-corrected chi connectivity index (χ4v) is 4.07. The summed E-state index contributed by atoms with van der Waals surface area (Å²) in [5, 5.41) is 0. The molecule has 0 radical (unpaired) electrons. The summed E-state index contributed by atoms with van der Waals surface area (Å²) >= 11 is 8.93. The molecule has 6 heteroatoms. The van der Waals surface area contributed by atoms with E-state index in [2.05, 4.69) is 22.6 Å². The second-order valence-corrected chi connectivity index (χ2v) is 7.58. The van der Waals surface area contributed by atoms with Crippen molar-refractivity contribution in [2.24, 2.45) is 0 Å². The van der Waals surface area contributed by atoms with Crippen molar-refractivity contribution in [3.63, 3.8) is 0 Å². The maximum atomic E-state index is 12.7. The van der Waals surface area contributed by atoms with Crippen molar-refractivity contribution in [2.75, 3.05) is 12.0 Å². The Morgan fingerprint density at radius 1 is 1.17 bits per heavy atom. The molecule has 1 heterocycles. The van der Waals surface area contributed by atoms with Crippen LogP contribution in [0.1, 0.15) is 5.56 Å². The molecule has 23 heavy (non-hydrogen) atoms. The Morgan fingerprint density at radius 2 is 1.87 bits per heavy atom. The first kappa shape index (κ1) is 16.5. The monoisotopic (exact) mass is 453 g/mol. The number of anilines is 1. The number of benzene rings is 2. The van der Waals surface area contributed by atoms with Crippen LogP contribution >= 0.6 is 46.6 Å². The number of carbonyl (C=O) groups excluding carboxylic acids is 1. The molecule has 1 aliphatic heterocycles. The molecule has 1 saturated heterocycles. The minimum atomic E-state index is -0.0834. The maximum Gasteiger partial charge on any atom is 0.270 e. The summed E-state index contributed by atoms with van der Waals surface area (Å²) < 4.78 is 6.69. The Hall–Kier alpha value is -1.38. The highest BCUT2D eigenvalue weighted by atomic mass is 127. The number of methoxy groups -OCH3 is 1. The lowest BCUT2D eigenvalue weighted by Gasteiger charge is -2.15. The lowest BCUT2D eigenvalue weighted by molar-refractivity contribution is -0.113. The van der Waals surface area contributed by atoms with Crippen molar-refractivity contribution in [1.82, 2.24) is 0 Å². The van der Waals surface area contributed by atoms with Gasteiger partial charge < -0.3 is 4.74 Å². The molecule has 0 spiro atoms. The van der Waals surface area contributed by atoms with Crippen molar-refractivity contribution in [3.05, 3.63) is 62.6 Å². The zero-order valence-corrected chi connectivity index (χ0v) is 15.9. The van der Waals surface area contributed by atoms with Crippen LogP contribution in [0.4, 0.5) is 5.69 Å². The molecule has 0 aromatic heterocycles. The lowest BCUT2D eigenvalue weighted by atomic mass is 10.2. The Morgan fingerprint density at radius 3 is 2.52 bits per heavy atom. The van der Waals surface area contributed by atoms with E-state index in [-0.39, 0.29) is 5.91 Å². The molecule has 1 amide bonds. The Labute approximate surface area is 157 Å². The Balaban J connectivity index is 1.91. The second-order valence-electron chi connectivity index (χ2n) is 4.74. The third-order valence-corrected chi connectivity index (χ3v) is 5.51. The van der Waals surface area contributed by atoms with E-state index in [9.17, 15) is 4.79 Å². The number of para-hydroxylation sites is 1. The summed E-state index contributed by atoms with van der Waals surface area (Å²) in [6, 6.07) is 15.3. The summed E-state index contributed by atoms with van der Waals surface area (Å²) in [5.41, 5.74) is 1.77. The highest BCUT2D eigenvalue weighted by Crippen LogP contribution is 2.37. The number of halogens is 1. The smallest absolute Gasteiger partial charge is 0.270 e. The molecule has 2 aromatic rings. The second kappa shape index (κ2) is 7.02. The van der Waals surface area contributed by atoms with Crippen molar-refractivity contribution >= 4 is 68.6 Å². The number of thiocarbonyl (C=S) groups is 1. The van der Waals surface area contributed by atoms with Gasteiger partial charge in [-0.2, -0.15) is 0 Å². The SMILES string of the molecule is COc1ccc(/C=C2/SC(=S)N(c3ccccc3I)C2=O)cc1. The molecule has 0 bridgehead atoms. The fraction of sp³-hybridized carbons (Fsp3) is 0.0588. The topological polar surface area (TPSA) is 29.5 Å². The van der Waals surface area contributed by atoms with Crippen LogP contribution in [-0.4, -0.2) is 17.3 Å². The normalized spacial score (nSPS) is 16.3. The number of thioether (sulfide) groups is 1. The van der Waals surface area contributed by atoms with Gasteiger partial charge in [0.1, 0.15) is 5.75 Å². The number of carbonyl (C=O) groups is 1. The van der Waals surface area contributed by atoms with E-state index in [0.29, 0.717) is 9.23 Å². The number of amides is 1. The highest BCUT2D eigenvalue weighted by molar-refractivity contribution is 14.1. The molecule has 116 valence electrons. The number of rotatable bonds is 3. The zero-order chi connectivity index (χ0) is 16.4. The van der Waals surface area contributed by atoms with Crippen LogP contribution in [0.3, 0.4) is 0 Å². The molecule has 3 rings (SSSR count). The summed E-state index contributed by atoms with van der Waals surface area (Å²) in [5.74, 6) is 0.702. The molecule has 0 N–H and O–H groups in total. The lowest BCUT2D eigenvalue weighted by Crippen LogP contribution is -2.28. The fourth-order valence-electron chi connectivity index (χ4n) is 2.16. The van der Waals surface area contributed by atoms with Gasteiger partial charge in [-0.05, 0) is 58.5 Å². The quantitative estimate of drug-likeness (QED) is 0.383. The van der Waals surface area contributed by atoms with E-state index in [4.69, 9.17) is 17.0 Å². The highest BCUT2D eigenvalue weighted by Gasteiger charge is 2.34. The van der Waals surface area contributed by atoms with Crippen molar-refractivity contribution < 1.29 is 9.53 Å². The van der Waals surface area contributed by atoms with Gasteiger partial charge in [-0.25, -0.2) is 0 Å². The number of hydrogen-bond donors (Lipinski definition) is 0. The van der Waals surface area contributed by atoms with Crippen molar-refractivity contribution in [1.29, 1.82) is 0 Å². The zero-order valence-electron chi connectivity index (χ0n) is 12.2. The van der Waals surface area contributed by atoms with Crippen molar-refractivity contribution in [3.8, 4) is 5.75 Å². The first-order valence-corrected chi connectivity index (χ1v) is 9.07. The number of ether oxygens (including phenoxy) is 1. The molecular weight excluding hydrogens is 441 g/mol. The predicted molar refractivity (Wildman–Crippen MR) is 108 cm³/mol. The van der Waals surface area contributed by atoms with Crippen molar-refractivity contribution in [2.45, 2.75) is 0 Å². The molecule has 3 nitrogen and oxygen atoms in total. The van der Waals surface area contributed by atoms with Gasteiger partial charge in [0.25, 0.3) is 5.91 Å².